The summed E-state index contributed by atoms with van der Waals surface area (Å²) in [4.78, 5) is 0. The van der Waals surface area contributed by atoms with Crippen molar-refractivity contribution in [3.63, 3.8) is 0 Å². The quantitative estimate of drug-likeness (QED) is 0.920. The summed E-state index contributed by atoms with van der Waals surface area (Å²) in [5, 5.41) is 11.7. The molecule has 0 aromatic carbocycles. The molecular formula is C13H21ClFN5. The van der Waals surface area contributed by atoms with E-state index in [2.05, 4.69) is 22.4 Å². The Hall–Kier alpha value is -1.40. The van der Waals surface area contributed by atoms with Crippen molar-refractivity contribution in [2.45, 2.75) is 40.4 Å². The summed E-state index contributed by atoms with van der Waals surface area (Å²) in [7, 11) is 1.61. The molecule has 20 heavy (non-hydrogen) atoms. The zero-order valence-electron chi connectivity index (χ0n) is 12.3. The highest BCUT2D eigenvalue weighted by atomic mass is 35.5. The van der Waals surface area contributed by atoms with E-state index in [4.69, 9.17) is 0 Å². The van der Waals surface area contributed by atoms with Crippen LogP contribution in [0.2, 0.25) is 0 Å². The summed E-state index contributed by atoms with van der Waals surface area (Å²) in [6.07, 6.45) is 2.02. The van der Waals surface area contributed by atoms with E-state index in [1.165, 1.54) is 4.68 Å². The second-order valence-corrected chi connectivity index (χ2v) is 4.68. The molecule has 0 saturated heterocycles. The molecule has 0 aliphatic rings. The lowest BCUT2D eigenvalue weighted by Crippen LogP contribution is -2.14. The van der Waals surface area contributed by atoms with Crippen molar-refractivity contribution >= 4 is 12.4 Å². The molecule has 112 valence electrons. The minimum absolute atomic E-state index is 0. The van der Waals surface area contributed by atoms with Crippen LogP contribution in [0.1, 0.15) is 29.4 Å². The molecule has 0 unspecified atom stereocenters. The van der Waals surface area contributed by atoms with E-state index >= 15 is 0 Å². The van der Waals surface area contributed by atoms with Gasteiger partial charge in [0.1, 0.15) is 0 Å². The van der Waals surface area contributed by atoms with Crippen LogP contribution in [-0.2, 0) is 26.7 Å². The second-order valence-electron chi connectivity index (χ2n) is 4.68. The average Bonchev–Trinajstić information content (AvgIpc) is 2.84. The standard InChI is InChI=1S/C13H20FN5.ClH/c1-5-19-8-11(9(2)17-19)6-15-7-12-10(3)16-18(4)13(12)14;/h8,15H,5-7H2,1-4H3;1H. The summed E-state index contributed by atoms with van der Waals surface area (Å²) < 4.78 is 16.9. The van der Waals surface area contributed by atoms with Gasteiger partial charge in [0.2, 0.25) is 5.95 Å². The highest BCUT2D eigenvalue weighted by Crippen LogP contribution is 2.11. The molecule has 0 aliphatic heterocycles. The molecule has 0 aliphatic carbocycles. The van der Waals surface area contributed by atoms with Gasteiger partial charge < -0.3 is 5.32 Å². The van der Waals surface area contributed by atoms with Crippen molar-refractivity contribution in [3.05, 3.63) is 34.7 Å². The van der Waals surface area contributed by atoms with Crippen LogP contribution in [0.15, 0.2) is 6.20 Å². The van der Waals surface area contributed by atoms with E-state index in [0.29, 0.717) is 18.7 Å². The lowest BCUT2D eigenvalue weighted by molar-refractivity contribution is 0.489. The fourth-order valence-corrected chi connectivity index (χ4v) is 2.09. The number of hydrogen-bond acceptors (Lipinski definition) is 3. The van der Waals surface area contributed by atoms with Crippen LogP contribution in [0.5, 0.6) is 0 Å². The molecule has 0 atom stereocenters. The summed E-state index contributed by atoms with van der Waals surface area (Å²) >= 11 is 0. The van der Waals surface area contributed by atoms with E-state index in [0.717, 1.165) is 23.5 Å². The molecule has 2 aromatic rings. The summed E-state index contributed by atoms with van der Waals surface area (Å²) in [6.45, 7) is 7.87. The van der Waals surface area contributed by atoms with E-state index < -0.39 is 0 Å². The van der Waals surface area contributed by atoms with Crippen LogP contribution in [0.3, 0.4) is 0 Å². The predicted octanol–water partition coefficient (Wildman–Crippen LogP) is 2.10. The minimum Gasteiger partial charge on any atom is -0.308 e. The fraction of sp³-hybridized carbons (Fsp3) is 0.538. The minimum atomic E-state index is -0.272. The van der Waals surface area contributed by atoms with Crippen LogP contribution in [0.25, 0.3) is 0 Å². The number of aromatic nitrogens is 4. The van der Waals surface area contributed by atoms with Crippen LogP contribution in [0, 0.1) is 19.8 Å². The number of rotatable bonds is 5. The van der Waals surface area contributed by atoms with Crippen molar-refractivity contribution in [3.8, 4) is 0 Å². The van der Waals surface area contributed by atoms with Gasteiger partial charge in [-0.2, -0.15) is 14.6 Å². The molecule has 0 spiro atoms. The molecule has 2 aromatic heterocycles. The largest absolute Gasteiger partial charge is 0.308 e. The van der Waals surface area contributed by atoms with Gasteiger partial charge in [-0.05, 0) is 20.8 Å². The summed E-state index contributed by atoms with van der Waals surface area (Å²) in [5.41, 5.74) is 3.51. The van der Waals surface area contributed by atoms with Crippen molar-refractivity contribution in [2.75, 3.05) is 0 Å². The van der Waals surface area contributed by atoms with Crippen molar-refractivity contribution in [2.24, 2.45) is 7.05 Å². The van der Waals surface area contributed by atoms with Gasteiger partial charge in [-0.25, -0.2) is 4.68 Å². The van der Waals surface area contributed by atoms with Crippen LogP contribution >= 0.6 is 12.4 Å². The highest BCUT2D eigenvalue weighted by Gasteiger charge is 2.12. The summed E-state index contributed by atoms with van der Waals surface area (Å²) in [6, 6.07) is 0. The number of nitrogens with one attached hydrogen (secondary N) is 1. The molecule has 0 amide bonds. The maximum Gasteiger partial charge on any atom is 0.215 e. The van der Waals surface area contributed by atoms with Crippen molar-refractivity contribution in [1.82, 2.24) is 24.9 Å². The number of hydrogen-bond donors (Lipinski definition) is 1. The monoisotopic (exact) mass is 301 g/mol. The molecular weight excluding hydrogens is 281 g/mol. The Morgan fingerprint density at radius 1 is 1.20 bits per heavy atom. The van der Waals surface area contributed by atoms with E-state index in [1.54, 1.807) is 7.05 Å². The molecule has 5 nitrogen and oxygen atoms in total. The number of nitrogens with zero attached hydrogens (tertiary/aromatic N) is 4. The van der Waals surface area contributed by atoms with Gasteiger partial charge in [-0.15, -0.1) is 12.4 Å². The van der Waals surface area contributed by atoms with Crippen LogP contribution in [-0.4, -0.2) is 19.6 Å². The van der Waals surface area contributed by atoms with Gasteiger partial charge in [-0.1, -0.05) is 0 Å². The Morgan fingerprint density at radius 3 is 2.40 bits per heavy atom. The highest BCUT2D eigenvalue weighted by molar-refractivity contribution is 5.85. The fourth-order valence-electron chi connectivity index (χ4n) is 2.09. The maximum atomic E-state index is 13.7. The Kier molecular flexibility index (Phi) is 5.71. The van der Waals surface area contributed by atoms with Gasteiger partial charge in [0.15, 0.2) is 0 Å². The smallest absolute Gasteiger partial charge is 0.215 e. The molecule has 2 heterocycles. The first-order chi connectivity index (χ1) is 9.02. The number of halogens is 2. The van der Waals surface area contributed by atoms with Gasteiger partial charge in [-0.3, -0.25) is 4.68 Å². The zero-order chi connectivity index (χ0) is 14.0. The first-order valence-electron chi connectivity index (χ1n) is 6.44. The third-order valence-corrected chi connectivity index (χ3v) is 3.26. The SMILES string of the molecule is CCn1cc(CNCc2c(C)nn(C)c2F)c(C)n1.Cl. The summed E-state index contributed by atoms with van der Waals surface area (Å²) in [5.74, 6) is -0.272. The lowest BCUT2D eigenvalue weighted by Gasteiger charge is -2.03. The normalized spacial score (nSPS) is 10.7. The van der Waals surface area contributed by atoms with E-state index in [-0.39, 0.29) is 18.4 Å². The Balaban J connectivity index is 0.00000200. The lowest BCUT2D eigenvalue weighted by atomic mass is 10.2. The third kappa shape index (κ3) is 3.37. The van der Waals surface area contributed by atoms with E-state index in [9.17, 15) is 4.39 Å². The molecule has 7 heteroatoms. The second kappa shape index (κ2) is 6.85. The van der Waals surface area contributed by atoms with Gasteiger partial charge >= 0.3 is 0 Å². The first kappa shape index (κ1) is 16.7. The van der Waals surface area contributed by atoms with Crippen LogP contribution in [0.4, 0.5) is 4.39 Å². The predicted molar refractivity (Wildman–Crippen MR) is 78.3 cm³/mol. The van der Waals surface area contributed by atoms with Crippen LogP contribution < -0.4 is 5.32 Å². The van der Waals surface area contributed by atoms with Gasteiger partial charge in [0.05, 0.1) is 11.4 Å². The molecule has 1 N–H and O–H groups in total. The molecule has 0 bridgehead atoms. The van der Waals surface area contributed by atoms with E-state index in [1.807, 2.05) is 24.7 Å². The Bertz CT molecular complexity index is 576. The molecule has 0 radical (unpaired) electrons. The average molecular weight is 302 g/mol. The van der Waals surface area contributed by atoms with Crippen molar-refractivity contribution < 1.29 is 4.39 Å². The Labute approximate surface area is 124 Å². The third-order valence-electron chi connectivity index (χ3n) is 3.26. The maximum absolute atomic E-state index is 13.7. The Morgan fingerprint density at radius 2 is 1.90 bits per heavy atom. The number of aryl methyl sites for hydroxylation is 4. The van der Waals surface area contributed by atoms with Gasteiger partial charge in [0, 0.05) is 44.0 Å². The zero-order valence-corrected chi connectivity index (χ0v) is 13.1. The first-order valence-corrected chi connectivity index (χ1v) is 6.44. The topological polar surface area (TPSA) is 47.7 Å². The molecule has 0 fully saturated rings. The van der Waals surface area contributed by atoms with Gasteiger partial charge in [0.25, 0.3) is 0 Å². The molecule has 2 rings (SSSR count). The molecule has 0 saturated carbocycles. The van der Waals surface area contributed by atoms with Crippen molar-refractivity contribution in [1.29, 1.82) is 0 Å².